The Balaban J connectivity index is 0.000000617. The van der Waals surface area contributed by atoms with Gasteiger partial charge in [0.1, 0.15) is 5.82 Å². The summed E-state index contributed by atoms with van der Waals surface area (Å²) in [7, 11) is 3.94. The third-order valence-corrected chi connectivity index (χ3v) is 6.31. The van der Waals surface area contributed by atoms with Crippen LogP contribution in [-0.4, -0.2) is 77.4 Å². The number of hydrogen-bond acceptors (Lipinski definition) is 7. The zero-order valence-corrected chi connectivity index (χ0v) is 23.0. The van der Waals surface area contributed by atoms with E-state index in [1.807, 2.05) is 47.0 Å². The molecule has 0 unspecified atom stereocenters. The fourth-order valence-electron chi connectivity index (χ4n) is 4.47. The number of para-hydroxylation sites is 1. The molecule has 10 heteroatoms. The smallest absolute Gasteiger partial charge is 0.213 e. The number of nitrogens with zero attached hydrogens (tertiary/aromatic N) is 5. The van der Waals surface area contributed by atoms with Crippen molar-refractivity contribution >= 4 is 41.3 Å². The van der Waals surface area contributed by atoms with Crippen LogP contribution in [0.2, 0.25) is 0 Å². The SMILES string of the molecule is CC.CCCn1cc(NC)nc1N1CCN(CC(=O)c2c(C)n(C)c3ccccc23)CC1.O=CNC=O. The third kappa shape index (κ3) is 7.19. The molecule has 1 saturated heterocycles. The van der Waals surface area contributed by atoms with Crippen molar-refractivity contribution in [2.45, 2.75) is 40.7 Å². The maximum atomic E-state index is 13.2. The lowest BCUT2D eigenvalue weighted by molar-refractivity contribution is -0.117. The molecule has 3 aromatic rings. The Labute approximate surface area is 219 Å². The van der Waals surface area contributed by atoms with Crippen LogP contribution in [0.1, 0.15) is 43.2 Å². The van der Waals surface area contributed by atoms with Gasteiger partial charge in [0.25, 0.3) is 0 Å². The molecular formula is C27H41N7O3. The maximum absolute atomic E-state index is 13.2. The molecule has 37 heavy (non-hydrogen) atoms. The van der Waals surface area contributed by atoms with Gasteiger partial charge in [0, 0.05) is 75.2 Å². The molecule has 1 aromatic carbocycles. The average molecular weight is 512 g/mol. The van der Waals surface area contributed by atoms with E-state index in [1.54, 1.807) is 5.32 Å². The zero-order chi connectivity index (χ0) is 27.4. The number of rotatable bonds is 9. The van der Waals surface area contributed by atoms with Crippen molar-refractivity contribution in [2.24, 2.45) is 7.05 Å². The van der Waals surface area contributed by atoms with Crippen molar-refractivity contribution < 1.29 is 14.4 Å². The first-order valence-corrected chi connectivity index (χ1v) is 12.9. The summed E-state index contributed by atoms with van der Waals surface area (Å²) in [6, 6.07) is 8.17. The number of ketones is 1. The summed E-state index contributed by atoms with van der Waals surface area (Å²) in [4.78, 5) is 40.7. The van der Waals surface area contributed by atoms with Gasteiger partial charge in [-0.25, -0.2) is 0 Å². The number of piperazine rings is 1. The van der Waals surface area contributed by atoms with Crippen LogP contribution in [0.5, 0.6) is 0 Å². The van der Waals surface area contributed by atoms with Crippen LogP contribution in [0.3, 0.4) is 0 Å². The number of carbonyl (C=O) groups excluding carboxylic acids is 3. The molecule has 2 amide bonds. The van der Waals surface area contributed by atoms with Crippen LogP contribution in [-0.2, 0) is 23.2 Å². The zero-order valence-electron chi connectivity index (χ0n) is 23.0. The largest absolute Gasteiger partial charge is 0.372 e. The van der Waals surface area contributed by atoms with Gasteiger partial charge in [-0.15, -0.1) is 0 Å². The van der Waals surface area contributed by atoms with E-state index in [1.165, 1.54) is 0 Å². The van der Waals surface area contributed by atoms with Gasteiger partial charge in [-0.2, -0.15) is 4.98 Å². The van der Waals surface area contributed by atoms with Gasteiger partial charge >= 0.3 is 0 Å². The number of imide groups is 1. The van der Waals surface area contributed by atoms with Gasteiger partial charge in [0.15, 0.2) is 5.78 Å². The number of nitrogens with one attached hydrogen (secondary N) is 2. The monoisotopic (exact) mass is 511 g/mol. The number of benzene rings is 1. The van der Waals surface area contributed by atoms with Crippen LogP contribution in [0.15, 0.2) is 30.5 Å². The van der Waals surface area contributed by atoms with Crippen molar-refractivity contribution in [3.63, 3.8) is 0 Å². The number of Topliss-reactive ketones (excluding diaryl/α,β-unsaturated/α-hetero) is 1. The summed E-state index contributed by atoms with van der Waals surface area (Å²) < 4.78 is 4.35. The normalized spacial score (nSPS) is 13.2. The molecule has 2 aromatic heterocycles. The molecule has 10 nitrogen and oxygen atoms in total. The second kappa shape index (κ2) is 14.8. The summed E-state index contributed by atoms with van der Waals surface area (Å²) >= 11 is 0. The van der Waals surface area contributed by atoms with Crippen LogP contribution >= 0.6 is 0 Å². The van der Waals surface area contributed by atoms with E-state index in [2.05, 4.69) is 49.5 Å². The highest BCUT2D eigenvalue weighted by molar-refractivity contribution is 6.10. The first-order valence-electron chi connectivity index (χ1n) is 12.9. The minimum Gasteiger partial charge on any atom is -0.372 e. The second-order valence-electron chi connectivity index (χ2n) is 8.49. The Morgan fingerprint density at radius 3 is 2.30 bits per heavy atom. The van der Waals surface area contributed by atoms with Crippen LogP contribution in [0, 0.1) is 6.92 Å². The van der Waals surface area contributed by atoms with Crippen molar-refractivity contribution in [2.75, 3.05) is 50.0 Å². The van der Waals surface area contributed by atoms with Crippen LogP contribution in [0.25, 0.3) is 10.9 Å². The highest BCUT2D eigenvalue weighted by Gasteiger charge is 2.25. The molecular weight excluding hydrogens is 470 g/mol. The van der Waals surface area contributed by atoms with E-state index in [9.17, 15) is 4.79 Å². The van der Waals surface area contributed by atoms with E-state index >= 15 is 0 Å². The number of anilines is 2. The Morgan fingerprint density at radius 1 is 1.08 bits per heavy atom. The highest BCUT2D eigenvalue weighted by atomic mass is 16.2. The lowest BCUT2D eigenvalue weighted by Gasteiger charge is -2.35. The van der Waals surface area contributed by atoms with Gasteiger partial charge in [-0.05, 0) is 19.4 Å². The van der Waals surface area contributed by atoms with Gasteiger partial charge in [-0.3, -0.25) is 19.3 Å². The lowest BCUT2D eigenvalue weighted by Crippen LogP contribution is -2.48. The molecule has 0 radical (unpaired) electrons. The number of aryl methyl sites for hydroxylation is 2. The molecule has 1 aliphatic heterocycles. The Morgan fingerprint density at radius 2 is 1.73 bits per heavy atom. The molecule has 0 spiro atoms. The van der Waals surface area contributed by atoms with Gasteiger partial charge in [0.2, 0.25) is 18.8 Å². The number of fused-ring (bicyclic) bond motifs is 1. The quantitative estimate of drug-likeness (QED) is 0.336. The summed E-state index contributed by atoms with van der Waals surface area (Å²) in [6.45, 7) is 13.1. The molecule has 0 aliphatic carbocycles. The second-order valence-corrected chi connectivity index (χ2v) is 8.49. The van der Waals surface area contributed by atoms with Gasteiger partial charge < -0.3 is 24.7 Å². The van der Waals surface area contributed by atoms with Crippen molar-refractivity contribution in [1.29, 1.82) is 0 Å². The summed E-state index contributed by atoms with van der Waals surface area (Å²) in [5, 5.41) is 5.95. The molecule has 1 fully saturated rings. The van der Waals surface area contributed by atoms with Crippen molar-refractivity contribution in [1.82, 2.24) is 24.3 Å². The highest BCUT2D eigenvalue weighted by Crippen LogP contribution is 2.26. The van der Waals surface area contributed by atoms with Crippen molar-refractivity contribution in [3.8, 4) is 0 Å². The standard InChI is InChI=1S/C23H32N6O.C2H3NO2.C2H6/c1-5-10-29-16-21(24-3)25-23(29)28-13-11-27(12-14-28)15-20(30)22-17(2)26(4)19-9-7-6-8-18(19)22;4-1-3-2-5;1-2/h6-9,16,24H,5,10-15H2,1-4H3;1-2H,(H,3,4,5);1-2H3. The van der Waals surface area contributed by atoms with E-state index in [4.69, 9.17) is 14.6 Å². The molecule has 0 bridgehead atoms. The molecule has 1 aliphatic rings. The van der Waals surface area contributed by atoms with Crippen LogP contribution < -0.4 is 15.5 Å². The molecule has 0 saturated carbocycles. The minimum atomic E-state index is 0.211. The van der Waals surface area contributed by atoms with E-state index in [-0.39, 0.29) is 5.78 Å². The van der Waals surface area contributed by atoms with Gasteiger partial charge in [-0.1, -0.05) is 39.0 Å². The average Bonchev–Trinajstić information content (AvgIpc) is 3.45. The predicted molar refractivity (Wildman–Crippen MR) is 149 cm³/mol. The number of amides is 2. The molecule has 4 rings (SSSR count). The first-order chi connectivity index (χ1) is 17.9. The molecule has 0 atom stereocenters. The van der Waals surface area contributed by atoms with Gasteiger partial charge in [0.05, 0.1) is 6.54 Å². The summed E-state index contributed by atoms with van der Waals surface area (Å²) in [5.74, 6) is 2.14. The maximum Gasteiger partial charge on any atom is 0.213 e. The van der Waals surface area contributed by atoms with E-state index in [0.717, 1.165) is 73.1 Å². The number of carbonyl (C=O) groups is 3. The number of aromatic nitrogens is 3. The first kappa shape index (κ1) is 29.6. The van der Waals surface area contributed by atoms with E-state index < -0.39 is 0 Å². The van der Waals surface area contributed by atoms with Crippen LogP contribution in [0.4, 0.5) is 11.8 Å². The fraction of sp³-hybridized carbons (Fsp3) is 0.481. The topological polar surface area (TPSA) is 104 Å². The molecule has 3 heterocycles. The predicted octanol–water partition coefficient (Wildman–Crippen LogP) is 3.05. The minimum absolute atomic E-state index is 0.211. The number of imidazole rings is 1. The number of hydrogen-bond donors (Lipinski definition) is 2. The molecule has 202 valence electrons. The Bertz CT molecular complexity index is 1150. The Hall–Kier alpha value is -3.66. The Kier molecular flexibility index (Phi) is 11.8. The summed E-state index contributed by atoms with van der Waals surface area (Å²) in [6.07, 6.45) is 3.78. The van der Waals surface area contributed by atoms with Crippen molar-refractivity contribution in [3.05, 3.63) is 41.7 Å². The fourth-order valence-corrected chi connectivity index (χ4v) is 4.47. The lowest BCUT2D eigenvalue weighted by atomic mass is 10.1. The summed E-state index contributed by atoms with van der Waals surface area (Å²) in [5.41, 5.74) is 3.03. The third-order valence-electron chi connectivity index (χ3n) is 6.31. The molecule has 2 N–H and O–H groups in total. The van der Waals surface area contributed by atoms with E-state index in [0.29, 0.717) is 19.4 Å².